The molecule has 1 unspecified atom stereocenters. The molecule has 6 rings (SSSR count). The summed E-state index contributed by atoms with van der Waals surface area (Å²) in [6.45, 7) is 3.71. The van der Waals surface area contributed by atoms with Crippen molar-refractivity contribution in [2.24, 2.45) is 0 Å². The van der Waals surface area contributed by atoms with Crippen LogP contribution in [-0.4, -0.2) is 68.6 Å². The number of nitrogens with one attached hydrogen (secondary N) is 2. The van der Waals surface area contributed by atoms with E-state index in [9.17, 15) is 5.21 Å². The lowest BCUT2D eigenvalue weighted by molar-refractivity contribution is -0.0935. The highest BCUT2D eigenvalue weighted by Crippen LogP contribution is 2.31. The first kappa shape index (κ1) is 23.4. The molecule has 10 nitrogen and oxygen atoms in total. The normalized spacial score (nSPS) is 22.1. The Kier molecular flexibility index (Phi) is 6.89. The predicted molar refractivity (Wildman–Crippen MR) is 140 cm³/mol. The molecule has 3 aliphatic rings. The SMILES string of the molecule is ON1CCN(c2ccc(Nc3nc(NC4CCCCC4)c4ncn(C5CCCCO5)c4n3)cc2)CC1. The molecule has 1 saturated carbocycles. The molecule has 10 heteroatoms. The molecule has 1 atom stereocenters. The van der Waals surface area contributed by atoms with E-state index < -0.39 is 0 Å². The number of aromatic nitrogens is 4. The van der Waals surface area contributed by atoms with Crippen LogP contribution in [0.25, 0.3) is 11.2 Å². The summed E-state index contributed by atoms with van der Waals surface area (Å²) in [5.74, 6) is 1.35. The maximum atomic E-state index is 9.63. The number of anilines is 4. The molecule has 3 aromatic rings. The van der Waals surface area contributed by atoms with E-state index >= 15 is 0 Å². The summed E-state index contributed by atoms with van der Waals surface area (Å²) in [5, 5.41) is 18.1. The van der Waals surface area contributed by atoms with Crippen molar-refractivity contribution >= 4 is 34.3 Å². The Morgan fingerprint density at radius 1 is 0.889 bits per heavy atom. The molecule has 0 spiro atoms. The number of hydrogen-bond donors (Lipinski definition) is 3. The molecule has 2 aliphatic heterocycles. The van der Waals surface area contributed by atoms with Crippen LogP contribution in [0.4, 0.5) is 23.1 Å². The van der Waals surface area contributed by atoms with Gasteiger partial charge in [-0.2, -0.15) is 15.0 Å². The number of piperazine rings is 1. The zero-order valence-corrected chi connectivity index (χ0v) is 20.8. The molecular formula is C26H36N8O2. The number of ether oxygens (including phenoxy) is 1. The standard InChI is InChI=1S/C26H36N8O2/c35-33-15-13-32(14-16-33)21-11-9-20(10-12-21)29-26-30-24(28-19-6-2-1-3-7-19)23-25(31-26)34(18-27-23)22-8-4-5-17-36-22/h9-12,18-19,22,35H,1-8,13-17H2,(H2,28,29,30,31). The van der Waals surface area contributed by atoms with Crippen LogP contribution >= 0.6 is 0 Å². The van der Waals surface area contributed by atoms with Crippen molar-refractivity contribution < 1.29 is 9.94 Å². The van der Waals surface area contributed by atoms with Crippen molar-refractivity contribution in [1.82, 2.24) is 24.6 Å². The van der Waals surface area contributed by atoms with Crippen LogP contribution < -0.4 is 15.5 Å². The molecule has 4 heterocycles. The van der Waals surface area contributed by atoms with E-state index in [1.807, 2.05) is 6.33 Å². The third kappa shape index (κ3) is 5.11. The van der Waals surface area contributed by atoms with Crippen LogP contribution in [0, 0.1) is 0 Å². The van der Waals surface area contributed by atoms with Gasteiger partial charge in [0.25, 0.3) is 0 Å². The highest BCUT2D eigenvalue weighted by Gasteiger charge is 2.23. The lowest BCUT2D eigenvalue weighted by atomic mass is 9.95. The number of rotatable bonds is 6. The third-order valence-electron chi connectivity index (χ3n) is 7.58. The Morgan fingerprint density at radius 3 is 2.42 bits per heavy atom. The second kappa shape index (κ2) is 10.6. The van der Waals surface area contributed by atoms with E-state index in [1.54, 1.807) is 0 Å². The van der Waals surface area contributed by atoms with Crippen molar-refractivity contribution in [1.29, 1.82) is 0 Å². The van der Waals surface area contributed by atoms with E-state index in [1.165, 1.54) is 24.3 Å². The van der Waals surface area contributed by atoms with Gasteiger partial charge in [0, 0.05) is 50.2 Å². The molecule has 0 amide bonds. The van der Waals surface area contributed by atoms with Crippen LogP contribution in [-0.2, 0) is 4.74 Å². The minimum atomic E-state index is -0.0345. The van der Waals surface area contributed by atoms with Crippen molar-refractivity contribution in [3.63, 3.8) is 0 Å². The van der Waals surface area contributed by atoms with Gasteiger partial charge in [-0.05, 0) is 56.4 Å². The second-order valence-corrected chi connectivity index (χ2v) is 10.1. The molecule has 36 heavy (non-hydrogen) atoms. The molecule has 1 aromatic carbocycles. The van der Waals surface area contributed by atoms with Gasteiger partial charge in [0.1, 0.15) is 6.23 Å². The quantitative estimate of drug-likeness (QED) is 0.458. The fraction of sp³-hybridized carbons (Fsp3) is 0.577. The maximum absolute atomic E-state index is 9.63. The number of hydrogen-bond acceptors (Lipinski definition) is 9. The van der Waals surface area contributed by atoms with Gasteiger partial charge in [-0.25, -0.2) is 4.98 Å². The number of hydroxylamine groups is 2. The predicted octanol–water partition coefficient (Wildman–Crippen LogP) is 4.52. The first-order valence-corrected chi connectivity index (χ1v) is 13.4. The molecule has 3 N–H and O–H groups in total. The zero-order valence-electron chi connectivity index (χ0n) is 20.8. The average molecular weight is 493 g/mol. The van der Waals surface area contributed by atoms with E-state index in [-0.39, 0.29) is 6.23 Å². The number of nitrogens with zero attached hydrogens (tertiary/aromatic N) is 6. The van der Waals surface area contributed by atoms with Gasteiger partial charge in [-0.3, -0.25) is 4.57 Å². The molecule has 0 bridgehead atoms. The van der Waals surface area contributed by atoms with E-state index in [2.05, 4.69) is 44.4 Å². The second-order valence-electron chi connectivity index (χ2n) is 10.1. The Bertz CT molecular complexity index is 1150. The Morgan fingerprint density at radius 2 is 1.67 bits per heavy atom. The largest absolute Gasteiger partial charge is 0.369 e. The first-order chi connectivity index (χ1) is 17.7. The van der Waals surface area contributed by atoms with Crippen molar-refractivity contribution in [2.75, 3.05) is 48.3 Å². The molecular weight excluding hydrogens is 456 g/mol. The van der Waals surface area contributed by atoms with Crippen LogP contribution in [0.1, 0.15) is 57.6 Å². The summed E-state index contributed by atoms with van der Waals surface area (Å²) in [6, 6.07) is 8.75. The van der Waals surface area contributed by atoms with E-state index in [0.29, 0.717) is 25.1 Å². The average Bonchev–Trinajstić information content (AvgIpc) is 3.35. The minimum Gasteiger partial charge on any atom is -0.369 e. The Hall–Kier alpha value is -2.95. The third-order valence-corrected chi connectivity index (χ3v) is 7.58. The maximum Gasteiger partial charge on any atom is 0.231 e. The Labute approximate surface area is 211 Å². The van der Waals surface area contributed by atoms with E-state index in [4.69, 9.17) is 19.7 Å². The summed E-state index contributed by atoms with van der Waals surface area (Å²) in [5.41, 5.74) is 3.69. The summed E-state index contributed by atoms with van der Waals surface area (Å²) in [7, 11) is 0. The lowest BCUT2D eigenvalue weighted by Crippen LogP contribution is -2.44. The minimum absolute atomic E-state index is 0.0345. The van der Waals surface area contributed by atoms with Gasteiger partial charge >= 0.3 is 0 Å². The topological polar surface area (TPSA) is 104 Å². The number of benzene rings is 1. The zero-order chi connectivity index (χ0) is 24.3. The van der Waals surface area contributed by atoms with Crippen LogP contribution in [0.5, 0.6) is 0 Å². The summed E-state index contributed by atoms with van der Waals surface area (Å²) in [6.07, 6.45) is 11.2. The van der Waals surface area contributed by atoms with Crippen molar-refractivity contribution in [2.45, 2.75) is 63.6 Å². The molecule has 2 saturated heterocycles. The summed E-state index contributed by atoms with van der Waals surface area (Å²) < 4.78 is 8.12. The van der Waals surface area contributed by atoms with Gasteiger partial charge in [0.15, 0.2) is 17.0 Å². The smallest absolute Gasteiger partial charge is 0.231 e. The molecule has 2 aromatic heterocycles. The van der Waals surface area contributed by atoms with Gasteiger partial charge in [-0.15, -0.1) is 0 Å². The van der Waals surface area contributed by atoms with Crippen LogP contribution in [0.3, 0.4) is 0 Å². The number of fused-ring (bicyclic) bond motifs is 1. The van der Waals surface area contributed by atoms with Gasteiger partial charge < -0.3 is 25.5 Å². The van der Waals surface area contributed by atoms with E-state index in [0.717, 1.165) is 80.2 Å². The van der Waals surface area contributed by atoms with Gasteiger partial charge in [0.05, 0.1) is 6.33 Å². The fourth-order valence-corrected chi connectivity index (χ4v) is 5.51. The number of imidazole rings is 1. The highest BCUT2D eigenvalue weighted by atomic mass is 16.5. The lowest BCUT2D eigenvalue weighted by Gasteiger charge is -2.32. The van der Waals surface area contributed by atoms with Crippen molar-refractivity contribution in [3.05, 3.63) is 30.6 Å². The van der Waals surface area contributed by atoms with Crippen LogP contribution in [0.2, 0.25) is 0 Å². The summed E-state index contributed by atoms with van der Waals surface area (Å²) >= 11 is 0. The highest BCUT2D eigenvalue weighted by molar-refractivity contribution is 5.85. The van der Waals surface area contributed by atoms with Crippen molar-refractivity contribution in [3.8, 4) is 0 Å². The van der Waals surface area contributed by atoms with Gasteiger partial charge in [-0.1, -0.05) is 19.3 Å². The Balaban J connectivity index is 1.27. The first-order valence-electron chi connectivity index (χ1n) is 13.4. The monoisotopic (exact) mass is 492 g/mol. The fourth-order valence-electron chi connectivity index (χ4n) is 5.51. The molecule has 192 valence electrons. The molecule has 3 fully saturated rings. The summed E-state index contributed by atoms with van der Waals surface area (Å²) in [4.78, 5) is 16.8. The van der Waals surface area contributed by atoms with Gasteiger partial charge in [0.2, 0.25) is 5.95 Å². The van der Waals surface area contributed by atoms with Crippen LogP contribution in [0.15, 0.2) is 30.6 Å². The molecule has 0 radical (unpaired) electrons. The molecule has 1 aliphatic carbocycles.